The quantitative estimate of drug-likeness (QED) is 0.269. The van der Waals surface area contributed by atoms with Crippen LogP contribution in [0.2, 0.25) is 0 Å². The highest BCUT2D eigenvalue weighted by molar-refractivity contribution is 5.96. The van der Waals surface area contributed by atoms with Gasteiger partial charge in [0.1, 0.15) is 34.4 Å². The number of methoxy groups -OCH3 is 1. The van der Waals surface area contributed by atoms with Gasteiger partial charge in [-0.1, -0.05) is 13.8 Å². The van der Waals surface area contributed by atoms with Gasteiger partial charge in [-0.25, -0.2) is 18.7 Å². The SMILES string of the molecule is CC.COC1CCN(CC2(COc3nc4c5c(nc(-c6cc(N)nc(C)c6C(F)(F)F)c(F)c5n3)OC(C)CCNCCN4)CC2)CC1F. The van der Waals surface area contributed by atoms with E-state index in [0.29, 0.717) is 45.6 Å². The number of nitrogen functional groups attached to an aromatic ring is 1. The molecule has 49 heavy (non-hydrogen) atoms. The molecule has 3 atom stereocenters. The van der Waals surface area contributed by atoms with Crippen LogP contribution in [0.1, 0.15) is 57.7 Å². The lowest BCUT2D eigenvalue weighted by molar-refractivity contribution is -0.137. The van der Waals surface area contributed by atoms with Gasteiger partial charge in [-0.15, -0.1) is 0 Å². The van der Waals surface area contributed by atoms with E-state index < -0.39 is 52.9 Å². The van der Waals surface area contributed by atoms with Crippen molar-refractivity contribution in [3.8, 4) is 23.1 Å². The number of hydrogen-bond donors (Lipinski definition) is 3. The van der Waals surface area contributed by atoms with Gasteiger partial charge in [0.05, 0.1) is 30.1 Å². The summed E-state index contributed by atoms with van der Waals surface area (Å²) in [6.07, 6.45) is -3.98. The Morgan fingerprint density at radius 2 is 1.86 bits per heavy atom. The zero-order valence-corrected chi connectivity index (χ0v) is 28.5. The molecule has 0 aromatic carbocycles. The molecule has 3 unspecified atom stereocenters. The number of piperidine rings is 1. The van der Waals surface area contributed by atoms with E-state index in [0.717, 1.165) is 25.8 Å². The van der Waals surface area contributed by atoms with Crippen molar-refractivity contribution in [2.45, 2.75) is 77.9 Å². The molecule has 0 amide bonds. The minimum absolute atomic E-state index is 0.0794. The molecule has 1 saturated heterocycles. The van der Waals surface area contributed by atoms with E-state index >= 15 is 4.39 Å². The summed E-state index contributed by atoms with van der Waals surface area (Å²) in [6.45, 7) is 10.2. The average Bonchev–Trinajstić information content (AvgIpc) is 3.82. The van der Waals surface area contributed by atoms with Crippen molar-refractivity contribution in [3.05, 3.63) is 23.1 Å². The molecule has 0 radical (unpaired) electrons. The molecule has 0 spiro atoms. The average molecular weight is 697 g/mol. The van der Waals surface area contributed by atoms with E-state index in [9.17, 15) is 17.6 Å². The second kappa shape index (κ2) is 15.1. The highest BCUT2D eigenvalue weighted by Gasteiger charge is 2.46. The van der Waals surface area contributed by atoms with Crippen molar-refractivity contribution in [3.63, 3.8) is 0 Å². The molecule has 270 valence electrons. The third kappa shape index (κ3) is 8.23. The fourth-order valence-electron chi connectivity index (χ4n) is 6.34. The Balaban J connectivity index is 0.00000230. The van der Waals surface area contributed by atoms with Gasteiger partial charge in [0.15, 0.2) is 5.82 Å². The molecule has 2 aliphatic heterocycles. The van der Waals surface area contributed by atoms with Gasteiger partial charge in [-0.3, -0.25) is 4.90 Å². The summed E-state index contributed by atoms with van der Waals surface area (Å²) in [5.74, 6) is -1.30. The second-order valence-electron chi connectivity index (χ2n) is 12.7. The van der Waals surface area contributed by atoms with Crippen LogP contribution in [0.3, 0.4) is 0 Å². The predicted octanol–water partition coefficient (Wildman–Crippen LogP) is 5.55. The number of aryl methyl sites for hydroxylation is 1. The fourth-order valence-corrected chi connectivity index (χ4v) is 6.34. The summed E-state index contributed by atoms with van der Waals surface area (Å²) in [6, 6.07) is 0.789. The summed E-state index contributed by atoms with van der Waals surface area (Å²) in [4.78, 5) is 19.1. The lowest BCUT2D eigenvalue weighted by atomic mass is 10.0. The molecule has 4 N–H and O–H groups in total. The number of pyridine rings is 2. The molecule has 16 heteroatoms. The number of nitrogens with two attached hydrogens (primary N) is 1. The Bertz CT molecular complexity index is 1620. The number of halogens is 5. The summed E-state index contributed by atoms with van der Waals surface area (Å²) in [5.41, 5.74) is 2.48. The minimum Gasteiger partial charge on any atom is -0.474 e. The van der Waals surface area contributed by atoms with Crippen LogP contribution >= 0.6 is 0 Å². The van der Waals surface area contributed by atoms with Gasteiger partial charge >= 0.3 is 12.2 Å². The van der Waals surface area contributed by atoms with Crippen LogP contribution in [0.25, 0.3) is 22.2 Å². The van der Waals surface area contributed by atoms with Crippen molar-refractivity contribution in [2.24, 2.45) is 5.41 Å². The smallest absolute Gasteiger partial charge is 0.418 e. The molecule has 3 aromatic heterocycles. The molecule has 3 aromatic rings. The Morgan fingerprint density at radius 3 is 2.53 bits per heavy atom. The maximum atomic E-state index is 16.6. The molecule has 11 nitrogen and oxygen atoms in total. The molecular formula is C33H45F5N8O3. The van der Waals surface area contributed by atoms with Crippen LogP contribution in [0.5, 0.6) is 11.9 Å². The van der Waals surface area contributed by atoms with E-state index in [2.05, 4.69) is 35.5 Å². The topological polar surface area (TPSA) is 133 Å². The van der Waals surface area contributed by atoms with Crippen LogP contribution < -0.4 is 25.8 Å². The Hall–Kier alpha value is -3.63. The molecule has 1 aliphatic carbocycles. The van der Waals surface area contributed by atoms with E-state index in [1.54, 1.807) is 6.92 Å². The van der Waals surface area contributed by atoms with E-state index in [1.165, 1.54) is 7.11 Å². The van der Waals surface area contributed by atoms with Gasteiger partial charge in [0.2, 0.25) is 5.88 Å². The first-order valence-electron chi connectivity index (χ1n) is 16.8. The van der Waals surface area contributed by atoms with Crippen molar-refractivity contribution < 1.29 is 36.2 Å². The number of anilines is 2. The minimum atomic E-state index is -4.88. The zero-order valence-electron chi connectivity index (χ0n) is 28.5. The normalized spacial score (nSPS) is 22.6. The van der Waals surface area contributed by atoms with Crippen LogP contribution in [0.15, 0.2) is 6.07 Å². The predicted molar refractivity (Wildman–Crippen MR) is 176 cm³/mol. The highest BCUT2D eigenvalue weighted by atomic mass is 19.4. The van der Waals surface area contributed by atoms with Crippen molar-refractivity contribution in [1.82, 2.24) is 30.2 Å². The molecule has 5 heterocycles. The Kier molecular flexibility index (Phi) is 11.3. The highest BCUT2D eigenvalue weighted by Crippen LogP contribution is 2.47. The summed E-state index contributed by atoms with van der Waals surface area (Å²) < 4.78 is 91.5. The van der Waals surface area contributed by atoms with Crippen LogP contribution in [0, 0.1) is 18.2 Å². The first-order chi connectivity index (χ1) is 23.4. The first kappa shape index (κ1) is 36.6. The van der Waals surface area contributed by atoms with Crippen molar-refractivity contribution in [2.75, 3.05) is 64.0 Å². The van der Waals surface area contributed by atoms with Crippen LogP contribution in [-0.4, -0.2) is 96.2 Å². The lowest BCUT2D eigenvalue weighted by Gasteiger charge is -2.35. The number of alkyl halides is 4. The van der Waals surface area contributed by atoms with Crippen LogP contribution in [-0.2, 0) is 10.9 Å². The number of nitrogens with zero attached hydrogens (tertiary/aromatic N) is 5. The van der Waals surface area contributed by atoms with E-state index in [1.807, 2.05) is 13.8 Å². The number of aromatic nitrogens is 4. The van der Waals surface area contributed by atoms with Gasteiger partial charge in [0, 0.05) is 50.8 Å². The monoisotopic (exact) mass is 696 g/mol. The van der Waals surface area contributed by atoms with Gasteiger partial charge in [0.25, 0.3) is 0 Å². The number of likely N-dealkylation sites (tertiary alicyclic amines) is 1. The summed E-state index contributed by atoms with van der Waals surface area (Å²) in [7, 11) is 1.51. The van der Waals surface area contributed by atoms with Crippen molar-refractivity contribution >= 4 is 22.5 Å². The Morgan fingerprint density at radius 1 is 1.10 bits per heavy atom. The zero-order chi connectivity index (χ0) is 35.5. The molecule has 1 saturated carbocycles. The first-order valence-corrected chi connectivity index (χ1v) is 16.8. The van der Waals surface area contributed by atoms with Gasteiger partial charge in [-0.05, 0) is 52.1 Å². The molecule has 2 fully saturated rings. The largest absolute Gasteiger partial charge is 0.474 e. The Labute approximate surface area is 282 Å². The van der Waals surface area contributed by atoms with Crippen LogP contribution in [0.4, 0.5) is 33.6 Å². The van der Waals surface area contributed by atoms with Gasteiger partial charge < -0.3 is 30.6 Å². The number of hydrogen-bond acceptors (Lipinski definition) is 11. The third-order valence-corrected chi connectivity index (χ3v) is 9.02. The van der Waals surface area contributed by atoms with Gasteiger partial charge in [-0.2, -0.15) is 23.1 Å². The van der Waals surface area contributed by atoms with E-state index in [-0.39, 0.29) is 53.0 Å². The molecule has 0 bridgehead atoms. The van der Waals surface area contributed by atoms with E-state index in [4.69, 9.17) is 19.9 Å². The maximum absolute atomic E-state index is 16.6. The fraction of sp³-hybridized carbons (Fsp3) is 0.636. The summed E-state index contributed by atoms with van der Waals surface area (Å²) in [5, 5.41) is 6.52. The standard InChI is InChI=1S/C31H39F5N8O3.C2H6/c1-16-4-8-38-9-10-39-27-22-26(24(33)25(41-28(22)47-16)18-12-21(37)40-17(2)23(18)31(34,35)36)42-29(43-27)46-15-30(6-7-30)14-44-11-5-20(45-3)19(32)13-44;1-2/h12,16,19-20,38H,4-11,13-15H2,1-3H3,(H2,37,40)(H,39,42,43);1-2H3. The molecular weight excluding hydrogens is 651 g/mol. The molecule has 6 rings (SSSR count). The van der Waals surface area contributed by atoms with Crippen molar-refractivity contribution in [1.29, 1.82) is 0 Å². The number of ether oxygens (including phenoxy) is 3. The lowest BCUT2D eigenvalue weighted by Crippen LogP contribution is -2.47. The number of nitrogens with one attached hydrogen (secondary N) is 2. The molecule has 3 aliphatic rings. The number of rotatable bonds is 7. The summed E-state index contributed by atoms with van der Waals surface area (Å²) >= 11 is 0. The maximum Gasteiger partial charge on any atom is 0.418 e. The third-order valence-electron chi connectivity index (χ3n) is 9.02. The second-order valence-corrected chi connectivity index (χ2v) is 12.7.